The van der Waals surface area contributed by atoms with Gasteiger partial charge in [0.05, 0.1) is 17.9 Å². The lowest BCUT2D eigenvalue weighted by molar-refractivity contribution is 0.0988. The van der Waals surface area contributed by atoms with Crippen molar-refractivity contribution < 1.29 is 9.18 Å². The number of nitrogens with one attached hydrogen (secondary N) is 1. The van der Waals surface area contributed by atoms with Gasteiger partial charge < -0.3 is 9.80 Å². The number of halogens is 2. The van der Waals surface area contributed by atoms with Crippen molar-refractivity contribution in [3.05, 3.63) is 69.9 Å². The second-order valence-electron chi connectivity index (χ2n) is 9.47. The summed E-state index contributed by atoms with van der Waals surface area (Å²) >= 11 is 6.03. The monoisotopic (exact) mass is 482 g/mol. The van der Waals surface area contributed by atoms with E-state index in [-0.39, 0.29) is 5.91 Å². The molecule has 0 spiro atoms. The van der Waals surface area contributed by atoms with Crippen molar-refractivity contribution >= 4 is 29.0 Å². The van der Waals surface area contributed by atoms with E-state index in [1.165, 1.54) is 6.07 Å². The van der Waals surface area contributed by atoms with Crippen LogP contribution in [0.2, 0.25) is 5.02 Å². The minimum atomic E-state index is -0.649. The summed E-state index contributed by atoms with van der Waals surface area (Å²) in [7, 11) is 2.11. The molecule has 0 aliphatic carbocycles. The summed E-state index contributed by atoms with van der Waals surface area (Å²) in [6, 6.07) is 7.75. The third-order valence-corrected chi connectivity index (χ3v) is 6.78. The van der Waals surface area contributed by atoms with Gasteiger partial charge in [-0.25, -0.2) is 9.37 Å². The molecule has 34 heavy (non-hydrogen) atoms. The summed E-state index contributed by atoms with van der Waals surface area (Å²) in [4.78, 5) is 24.3. The molecular formula is C25H28ClFN6O. The topological polar surface area (TPSA) is 68.4 Å². The molecule has 1 unspecified atom stereocenters. The van der Waals surface area contributed by atoms with Gasteiger partial charge in [-0.1, -0.05) is 31.5 Å². The number of aromatic amines is 1. The standard InChI is InChI=1S/C25H28ClFN6O/c1-15(2)12-20-22-23(30-29-20)25(34)33(24(22)18-6-4-16(26)13-19(18)27)17-5-7-21(28-14-17)32-10-8-31(3)9-11-32/h4-7,13-15,24H,8-12H2,1-3H3,(H,29,30). The van der Waals surface area contributed by atoms with Gasteiger partial charge in [0.15, 0.2) is 5.69 Å². The van der Waals surface area contributed by atoms with Crippen LogP contribution in [-0.2, 0) is 6.42 Å². The van der Waals surface area contributed by atoms with Gasteiger partial charge in [-0.2, -0.15) is 5.10 Å². The Hall–Kier alpha value is -2.97. The zero-order valence-corrected chi connectivity index (χ0v) is 20.3. The maximum atomic E-state index is 15.2. The molecule has 4 heterocycles. The largest absolute Gasteiger partial charge is 0.354 e. The van der Waals surface area contributed by atoms with Crippen LogP contribution >= 0.6 is 11.6 Å². The number of carbonyl (C=O) groups is 1. The van der Waals surface area contributed by atoms with Gasteiger partial charge in [-0.05, 0) is 43.7 Å². The number of aromatic nitrogens is 3. The third kappa shape index (κ3) is 4.05. The second kappa shape index (κ2) is 9.00. The average molecular weight is 483 g/mol. The van der Waals surface area contributed by atoms with Crippen molar-refractivity contribution in [3.8, 4) is 0 Å². The lowest BCUT2D eigenvalue weighted by Gasteiger charge is -2.33. The first-order valence-electron chi connectivity index (χ1n) is 11.6. The number of rotatable bonds is 5. The Balaban J connectivity index is 1.55. The fourth-order valence-corrected chi connectivity index (χ4v) is 4.95. The van der Waals surface area contributed by atoms with Crippen LogP contribution in [0.1, 0.15) is 47.2 Å². The number of hydrogen-bond donors (Lipinski definition) is 1. The maximum absolute atomic E-state index is 15.2. The summed E-state index contributed by atoms with van der Waals surface area (Å²) in [6.45, 7) is 7.95. The molecule has 2 aromatic heterocycles. The molecule has 3 aromatic rings. The van der Waals surface area contributed by atoms with E-state index in [1.807, 2.05) is 12.1 Å². The first kappa shape index (κ1) is 22.8. The number of fused-ring (bicyclic) bond motifs is 1. The van der Waals surface area contributed by atoms with Crippen LogP contribution in [0.3, 0.4) is 0 Å². The molecule has 9 heteroatoms. The predicted octanol–water partition coefficient (Wildman–Crippen LogP) is 4.30. The summed E-state index contributed by atoms with van der Waals surface area (Å²) in [5.74, 6) is 0.488. The third-order valence-electron chi connectivity index (χ3n) is 6.54. The number of piperazine rings is 1. The highest BCUT2D eigenvalue weighted by molar-refractivity contribution is 6.30. The molecule has 1 atom stereocenters. The number of H-pyrrole nitrogens is 1. The number of hydrogen-bond acceptors (Lipinski definition) is 5. The van der Waals surface area contributed by atoms with Gasteiger partial charge in [-0.15, -0.1) is 0 Å². The minimum absolute atomic E-state index is 0.269. The lowest BCUT2D eigenvalue weighted by atomic mass is 9.95. The van der Waals surface area contributed by atoms with Crippen molar-refractivity contribution in [2.75, 3.05) is 43.0 Å². The van der Waals surface area contributed by atoms with Gasteiger partial charge in [-0.3, -0.25) is 14.8 Å². The first-order chi connectivity index (χ1) is 16.3. The zero-order chi connectivity index (χ0) is 24.0. The van der Waals surface area contributed by atoms with Crippen molar-refractivity contribution in [2.45, 2.75) is 26.3 Å². The smallest absolute Gasteiger partial charge is 0.280 e. The van der Waals surface area contributed by atoms with Gasteiger partial charge >= 0.3 is 0 Å². The number of likely N-dealkylation sites (N-methyl/N-ethyl adjacent to an activating group) is 1. The summed E-state index contributed by atoms with van der Waals surface area (Å²) in [6.07, 6.45) is 2.40. The SMILES string of the molecule is CC(C)Cc1[nH]nc2c1C(c1ccc(Cl)cc1F)N(c1ccc(N3CCN(C)CC3)nc1)C2=O. The van der Waals surface area contributed by atoms with E-state index in [4.69, 9.17) is 11.6 Å². The Morgan fingerprint density at radius 2 is 1.94 bits per heavy atom. The second-order valence-corrected chi connectivity index (χ2v) is 9.91. The fraction of sp³-hybridized carbons (Fsp3) is 0.400. The number of amides is 1. The van der Waals surface area contributed by atoms with E-state index >= 15 is 4.39 Å². The fourth-order valence-electron chi connectivity index (χ4n) is 4.80. The van der Waals surface area contributed by atoms with Gasteiger partial charge in [0.2, 0.25) is 0 Å². The van der Waals surface area contributed by atoms with Crippen molar-refractivity contribution in [2.24, 2.45) is 5.92 Å². The van der Waals surface area contributed by atoms with Crippen molar-refractivity contribution in [3.63, 3.8) is 0 Å². The molecule has 0 radical (unpaired) electrons. The van der Waals surface area contributed by atoms with E-state index < -0.39 is 11.9 Å². The Morgan fingerprint density at radius 1 is 1.18 bits per heavy atom. The van der Waals surface area contributed by atoms with Crippen molar-refractivity contribution in [1.82, 2.24) is 20.1 Å². The maximum Gasteiger partial charge on any atom is 0.280 e. The van der Waals surface area contributed by atoms with Gasteiger partial charge in [0.1, 0.15) is 11.6 Å². The summed E-state index contributed by atoms with van der Waals surface area (Å²) in [5, 5.41) is 7.66. The highest BCUT2D eigenvalue weighted by Gasteiger charge is 2.44. The number of anilines is 2. The molecule has 1 aromatic carbocycles. The van der Waals surface area contributed by atoms with E-state index in [9.17, 15) is 4.79 Å². The number of nitrogens with zero attached hydrogens (tertiary/aromatic N) is 5. The zero-order valence-electron chi connectivity index (χ0n) is 19.6. The van der Waals surface area contributed by atoms with Crippen LogP contribution < -0.4 is 9.80 Å². The van der Waals surface area contributed by atoms with Crippen LogP contribution in [0, 0.1) is 11.7 Å². The minimum Gasteiger partial charge on any atom is -0.354 e. The van der Waals surface area contributed by atoms with E-state index in [2.05, 4.69) is 45.9 Å². The van der Waals surface area contributed by atoms with Gasteiger partial charge in [0.25, 0.3) is 5.91 Å². The molecule has 2 aliphatic rings. The molecule has 1 saturated heterocycles. The number of pyridine rings is 1. The van der Waals surface area contributed by atoms with Crippen LogP contribution in [0.4, 0.5) is 15.9 Å². The highest BCUT2D eigenvalue weighted by Crippen LogP contribution is 2.44. The van der Waals surface area contributed by atoms with Crippen LogP contribution in [0.25, 0.3) is 0 Å². The predicted molar refractivity (Wildman–Crippen MR) is 131 cm³/mol. The van der Waals surface area contributed by atoms with Crippen LogP contribution in [0.5, 0.6) is 0 Å². The number of carbonyl (C=O) groups excluding carboxylic acids is 1. The van der Waals surface area contributed by atoms with E-state index in [0.29, 0.717) is 34.3 Å². The molecule has 7 nitrogen and oxygen atoms in total. The molecule has 1 fully saturated rings. The summed E-state index contributed by atoms with van der Waals surface area (Å²) < 4.78 is 15.2. The quantitative estimate of drug-likeness (QED) is 0.587. The molecule has 5 rings (SSSR count). The molecule has 0 bridgehead atoms. The molecule has 178 valence electrons. The normalized spacial score (nSPS) is 18.8. The van der Waals surface area contributed by atoms with E-state index in [1.54, 1.807) is 23.2 Å². The Kier molecular flexibility index (Phi) is 6.04. The highest BCUT2D eigenvalue weighted by atomic mass is 35.5. The van der Waals surface area contributed by atoms with Crippen LogP contribution in [-0.4, -0.2) is 59.2 Å². The Labute approximate surface area is 203 Å². The average Bonchev–Trinajstić information content (AvgIpc) is 3.33. The molecule has 1 N–H and O–H groups in total. The molecular weight excluding hydrogens is 455 g/mol. The molecule has 1 amide bonds. The van der Waals surface area contributed by atoms with Gasteiger partial charge in [0, 0.05) is 48.0 Å². The van der Waals surface area contributed by atoms with Crippen LogP contribution in [0.15, 0.2) is 36.5 Å². The van der Waals surface area contributed by atoms with Crippen molar-refractivity contribution in [1.29, 1.82) is 0 Å². The van der Waals surface area contributed by atoms with E-state index in [0.717, 1.165) is 43.3 Å². The molecule has 0 saturated carbocycles. The summed E-state index contributed by atoms with van der Waals surface area (Å²) in [5.41, 5.74) is 2.89. The molecule has 2 aliphatic heterocycles. The lowest BCUT2D eigenvalue weighted by Crippen LogP contribution is -2.44. The Bertz CT molecular complexity index is 1200. The number of benzene rings is 1. The Morgan fingerprint density at radius 3 is 2.59 bits per heavy atom. The first-order valence-corrected chi connectivity index (χ1v) is 12.0.